The fourth-order valence-electron chi connectivity index (χ4n) is 2.61. The van der Waals surface area contributed by atoms with Crippen LogP contribution in [-0.2, 0) is 4.79 Å². The highest BCUT2D eigenvalue weighted by Crippen LogP contribution is 2.22. The van der Waals surface area contributed by atoms with Gasteiger partial charge in [-0.3, -0.25) is 4.79 Å². The minimum absolute atomic E-state index is 0.390. The minimum Gasteiger partial charge on any atom is -0.481 e. The number of hydrogen-bond acceptors (Lipinski definition) is 5. The van der Waals surface area contributed by atoms with Crippen LogP contribution in [0.5, 0.6) is 11.5 Å². The molecule has 1 unspecified atom stereocenters. The molecule has 0 aromatic heterocycles. The van der Waals surface area contributed by atoms with Crippen molar-refractivity contribution in [2.24, 2.45) is 5.10 Å². The molecule has 0 spiro atoms. The molecule has 6 nitrogen and oxygen atoms in total. The molecule has 0 heterocycles. The summed E-state index contributed by atoms with van der Waals surface area (Å²) in [6.07, 6.45) is 0.748. The second-order valence-corrected chi connectivity index (χ2v) is 7.17. The van der Waals surface area contributed by atoms with Gasteiger partial charge in [-0.2, -0.15) is 5.10 Å². The number of benzene rings is 3. The molecule has 3 aromatic carbocycles. The Balaban J connectivity index is 1.51. The van der Waals surface area contributed by atoms with Crippen LogP contribution in [0, 0.1) is 6.92 Å². The van der Waals surface area contributed by atoms with E-state index in [1.165, 1.54) is 6.21 Å². The van der Waals surface area contributed by atoms with Gasteiger partial charge in [0.25, 0.3) is 5.91 Å². The van der Waals surface area contributed by atoms with Gasteiger partial charge in [0.2, 0.25) is 0 Å². The Labute approximate surface area is 185 Å². The molecule has 0 aliphatic carbocycles. The Bertz CT molecular complexity index is 1080. The minimum atomic E-state index is -0.739. The smallest absolute Gasteiger partial charge is 0.343 e. The van der Waals surface area contributed by atoms with E-state index < -0.39 is 12.1 Å². The average Bonchev–Trinajstić information content (AvgIpc) is 2.77. The largest absolute Gasteiger partial charge is 0.481 e. The van der Waals surface area contributed by atoms with Crippen molar-refractivity contribution in [1.29, 1.82) is 0 Å². The fraction of sp³-hybridized carbons (Fsp3) is 0.125. The monoisotopic (exact) mass is 436 g/mol. The topological polar surface area (TPSA) is 77.0 Å². The predicted molar refractivity (Wildman–Crippen MR) is 120 cm³/mol. The highest BCUT2D eigenvalue weighted by molar-refractivity contribution is 6.30. The van der Waals surface area contributed by atoms with Crippen LogP contribution in [0.4, 0.5) is 0 Å². The summed E-state index contributed by atoms with van der Waals surface area (Å²) in [6, 6.07) is 20.7. The molecule has 0 fully saturated rings. The van der Waals surface area contributed by atoms with Crippen molar-refractivity contribution < 1.29 is 19.1 Å². The molecule has 1 atom stereocenters. The second kappa shape index (κ2) is 10.4. The SMILES string of the molecule is Cc1cc(Cl)ccc1OC(C)C(=O)N/N=C/c1ccc(OC(=O)c2ccccc2)cc1. The van der Waals surface area contributed by atoms with Crippen LogP contribution in [0.25, 0.3) is 0 Å². The van der Waals surface area contributed by atoms with E-state index in [1.807, 2.05) is 13.0 Å². The maximum atomic E-state index is 12.2. The van der Waals surface area contributed by atoms with Crippen LogP contribution in [0.15, 0.2) is 77.9 Å². The first-order valence-electron chi connectivity index (χ1n) is 9.55. The number of nitrogens with zero attached hydrogens (tertiary/aromatic N) is 1. The Morgan fingerprint density at radius 1 is 1.03 bits per heavy atom. The number of hydrazone groups is 1. The molecule has 3 aromatic rings. The van der Waals surface area contributed by atoms with Gasteiger partial charge in [0, 0.05) is 5.02 Å². The van der Waals surface area contributed by atoms with Crippen LogP contribution in [0.3, 0.4) is 0 Å². The van der Waals surface area contributed by atoms with Crippen molar-refractivity contribution in [2.45, 2.75) is 20.0 Å². The van der Waals surface area contributed by atoms with Crippen LogP contribution in [-0.4, -0.2) is 24.2 Å². The quantitative estimate of drug-likeness (QED) is 0.250. The lowest BCUT2D eigenvalue weighted by atomic mass is 10.2. The molecule has 0 aliphatic rings. The zero-order chi connectivity index (χ0) is 22.2. The second-order valence-electron chi connectivity index (χ2n) is 6.73. The molecule has 0 saturated heterocycles. The third kappa shape index (κ3) is 6.42. The van der Waals surface area contributed by atoms with Crippen molar-refractivity contribution in [2.75, 3.05) is 0 Å². The van der Waals surface area contributed by atoms with E-state index >= 15 is 0 Å². The summed E-state index contributed by atoms with van der Waals surface area (Å²) in [5, 5.41) is 4.55. The number of rotatable bonds is 7. The van der Waals surface area contributed by atoms with E-state index in [0.29, 0.717) is 22.1 Å². The lowest BCUT2D eigenvalue weighted by Gasteiger charge is -2.14. The third-order valence-corrected chi connectivity index (χ3v) is 4.53. The number of carbonyl (C=O) groups excluding carboxylic acids is 2. The lowest BCUT2D eigenvalue weighted by molar-refractivity contribution is -0.127. The van der Waals surface area contributed by atoms with Crippen LogP contribution in [0.2, 0.25) is 5.02 Å². The molecular formula is C24H21ClN2O4. The molecule has 0 saturated carbocycles. The van der Waals surface area contributed by atoms with Gasteiger partial charge < -0.3 is 9.47 Å². The Morgan fingerprint density at radius 3 is 2.42 bits per heavy atom. The summed E-state index contributed by atoms with van der Waals surface area (Å²) in [6.45, 7) is 3.49. The summed E-state index contributed by atoms with van der Waals surface area (Å²) in [5.74, 6) is 0.172. The van der Waals surface area contributed by atoms with E-state index in [2.05, 4.69) is 10.5 Å². The van der Waals surface area contributed by atoms with Gasteiger partial charge in [-0.05, 0) is 79.6 Å². The first-order valence-corrected chi connectivity index (χ1v) is 9.93. The average molecular weight is 437 g/mol. The van der Waals surface area contributed by atoms with E-state index in [1.54, 1.807) is 73.7 Å². The fourth-order valence-corrected chi connectivity index (χ4v) is 2.84. The van der Waals surface area contributed by atoms with Gasteiger partial charge >= 0.3 is 5.97 Å². The number of amides is 1. The Morgan fingerprint density at radius 2 is 1.74 bits per heavy atom. The first kappa shape index (κ1) is 22.1. The lowest BCUT2D eigenvalue weighted by Crippen LogP contribution is -2.33. The van der Waals surface area contributed by atoms with Crippen LogP contribution < -0.4 is 14.9 Å². The molecule has 1 amide bonds. The van der Waals surface area contributed by atoms with E-state index in [-0.39, 0.29) is 5.91 Å². The van der Waals surface area contributed by atoms with E-state index in [0.717, 1.165) is 11.1 Å². The molecule has 7 heteroatoms. The summed E-state index contributed by atoms with van der Waals surface area (Å²) < 4.78 is 11.0. The number of carbonyl (C=O) groups is 2. The summed E-state index contributed by atoms with van der Waals surface area (Å²) in [4.78, 5) is 24.3. The molecule has 0 radical (unpaired) electrons. The summed E-state index contributed by atoms with van der Waals surface area (Å²) >= 11 is 5.93. The first-order chi connectivity index (χ1) is 14.9. The van der Waals surface area contributed by atoms with Gasteiger partial charge in [-0.1, -0.05) is 29.8 Å². The zero-order valence-corrected chi connectivity index (χ0v) is 17.8. The number of ether oxygens (including phenoxy) is 2. The molecule has 3 rings (SSSR count). The normalized spacial score (nSPS) is 11.7. The highest BCUT2D eigenvalue weighted by Gasteiger charge is 2.15. The number of hydrogen-bond donors (Lipinski definition) is 1. The van der Waals surface area contributed by atoms with Crippen LogP contribution in [0.1, 0.15) is 28.4 Å². The molecule has 1 N–H and O–H groups in total. The third-order valence-electron chi connectivity index (χ3n) is 4.30. The summed E-state index contributed by atoms with van der Waals surface area (Å²) in [7, 11) is 0. The van der Waals surface area contributed by atoms with Crippen molar-refractivity contribution in [3.05, 3.63) is 94.5 Å². The van der Waals surface area contributed by atoms with Gasteiger partial charge in [-0.25, -0.2) is 10.2 Å². The molecular weight excluding hydrogens is 416 g/mol. The molecule has 0 aliphatic heterocycles. The van der Waals surface area contributed by atoms with E-state index in [4.69, 9.17) is 21.1 Å². The zero-order valence-electron chi connectivity index (χ0n) is 17.0. The maximum Gasteiger partial charge on any atom is 0.343 e. The predicted octanol–water partition coefficient (Wildman–Crippen LogP) is 4.79. The molecule has 31 heavy (non-hydrogen) atoms. The summed E-state index contributed by atoms with van der Waals surface area (Å²) in [5.41, 5.74) is 4.48. The van der Waals surface area contributed by atoms with Crippen LogP contribution >= 0.6 is 11.6 Å². The van der Waals surface area contributed by atoms with Gasteiger partial charge in [0.05, 0.1) is 11.8 Å². The molecule has 158 valence electrons. The number of esters is 1. The number of nitrogens with one attached hydrogen (secondary N) is 1. The standard InChI is InChI=1S/C24H21ClN2O4/c1-16-14-20(25)10-13-22(16)30-17(2)23(28)27-26-15-18-8-11-21(12-9-18)31-24(29)19-6-4-3-5-7-19/h3-15,17H,1-2H3,(H,27,28)/b26-15+. The highest BCUT2D eigenvalue weighted by atomic mass is 35.5. The maximum absolute atomic E-state index is 12.2. The Kier molecular flexibility index (Phi) is 7.40. The van der Waals surface area contributed by atoms with Crippen molar-refractivity contribution in [1.82, 2.24) is 5.43 Å². The van der Waals surface area contributed by atoms with Crippen molar-refractivity contribution in [3.63, 3.8) is 0 Å². The number of halogens is 1. The van der Waals surface area contributed by atoms with Crippen molar-refractivity contribution >= 4 is 29.7 Å². The van der Waals surface area contributed by atoms with Gasteiger partial charge in [0.1, 0.15) is 11.5 Å². The number of aryl methyl sites for hydroxylation is 1. The Hall–Kier alpha value is -3.64. The molecule has 0 bridgehead atoms. The van der Waals surface area contributed by atoms with Crippen molar-refractivity contribution in [3.8, 4) is 11.5 Å². The van der Waals surface area contributed by atoms with Gasteiger partial charge in [0.15, 0.2) is 6.10 Å². The van der Waals surface area contributed by atoms with E-state index in [9.17, 15) is 9.59 Å². The van der Waals surface area contributed by atoms with Gasteiger partial charge in [-0.15, -0.1) is 0 Å².